The number of nitrogens with two attached hydrogens (primary N) is 1. The SMILES string of the molecule is C[C@@]1(O)C(=O)NCO[C@@H]1N. The molecule has 0 aromatic carbocycles. The minimum absolute atomic E-state index is 0.0656. The standard InChI is InChI=1S/C5H10N2O3/c1-5(9)3(6)10-2-7-4(5)8/h3,9H,2,6H2,1H3,(H,7,8)/t3-,5-/m0/s1. The Bertz CT molecular complexity index is 157. The van der Waals surface area contributed by atoms with Crippen LogP contribution in [-0.4, -0.2) is 29.6 Å². The zero-order chi connectivity index (χ0) is 7.78. The van der Waals surface area contributed by atoms with E-state index in [2.05, 4.69) is 5.32 Å². The van der Waals surface area contributed by atoms with E-state index in [-0.39, 0.29) is 6.73 Å². The van der Waals surface area contributed by atoms with Gasteiger partial charge in [-0.2, -0.15) is 0 Å². The van der Waals surface area contributed by atoms with E-state index >= 15 is 0 Å². The first-order valence-corrected chi connectivity index (χ1v) is 2.93. The summed E-state index contributed by atoms with van der Waals surface area (Å²) in [5.74, 6) is -0.494. The smallest absolute Gasteiger partial charge is 0.257 e. The second-order valence-electron chi connectivity index (χ2n) is 2.39. The van der Waals surface area contributed by atoms with Crippen LogP contribution in [0.25, 0.3) is 0 Å². The van der Waals surface area contributed by atoms with Crippen LogP contribution in [0.1, 0.15) is 6.92 Å². The molecule has 0 aliphatic carbocycles. The predicted molar refractivity (Wildman–Crippen MR) is 32.7 cm³/mol. The van der Waals surface area contributed by atoms with Gasteiger partial charge in [-0.15, -0.1) is 0 Å². The van der Waals surface area contributed by atoms with Crippen molar-refractivity contribution in [3.63, 3.8) is 0 Å². The van der Waals surface area contributed by atoms with Gasteiger partial charge in [0.25, 0.3) is 5.91 Å². The molecule has 10 heavy (non-hydrogen) atoms. The molecule has 1 saturated heterocycles. The second-order valence-corrected chi connectivity index (χ2v) is 2.39. The van der Waals surface area contributed by atoms with E-state index in [1.165, 1.54) is 6.92 Å². The molecule has 4 N–H and O–H groups in total. The van der Waals surface area contributed by atoms with Gasteiger partial charge >= 0.3 is 0 Å². The van der Waals surface area contributed by atoms with Gasteiger partial charge in [0.2, 0.25) is 0 Å². The van der Waals surface area contributed by atoms with Crippen LogP contribution < -0.4 is 11.1 Å². The molecule has 58 valence electrons. The Morgan fingerprint density at radius 2 is 2.60 bits per heavy atom. The highest BCUT2D eigenvalue weighted by molar-refractivity contribution is 5.85. The molecule has 0 bridgehead atoms. The van der Waals surface area contributed by atoms with Gasteiger partial charge in [-0.25, -0.2) is 0 Å². The lowest BCUT2D eigenvalue weighted by molar-refractivity contribution is -0.172. The molecule has 1 aliphatic rings. The summed E-state index contributed by atoms with van der Waals surface area (Å²) < 4.78 is 4.76. The van der Waals surface area contributed by atoms with E-state index in [0.29, 0.717) is 0 Å². The first-order chi connectivity index (χ1) is 4.55. The number of nitrogens with one attached hydrogen (secondary N) is 1. The summed E-state index contributed by atoms with van der Waals surface area (Å²) in [4.78, 5) is 10.8. The highest BCUT2D eigenvalue weighted by atomic mass is 16.5. The lowest BCUT2D eigenvalue weighted by Crippen LogP contribution is -2.62. The zero-order valence-corrected chi connectivity index (χ0v) is 5.63. The topological polar surface area (TPSA) is 84.6 Å². The van der Waals surface area contributed by atoms with Crippen LogP contribution in [0, 0.1) is 0 Å². The fourth-order valence-electron chi connectivity index (χ4n) is 0.667. The predicted octanol–water partition coefficient (Wildman–Crippen LogP) is -1.87. The molecule has 1 heterocycles. The molecule has 2 atom stereocenters. The van der Waals surface area contributed by atoms with Crippen LogP contribution in [0.4, 0.5) is 0 Å². The zero-order valence-electron chi connectivity index (χ0n) is 5.63. The van der Waals surface area contributed by atoms with Crippen molar-refractivity contribution in [2.45, 2.75) is 18.8 Å². The Morgan fingerprint density at radius 1 is 2.00 bits per heavy atom. The Kier molecular flexibility index (Phi) is 1.63. The second kappa shape index (κ2) is 2.19. The third kappa shape index (κ3) is 0.985. The molecular weight excluding hydrogens is 136 g/mol. The quantitative estimate of drug-likeness (QED) is 0.373. The molecular formula is C5H10N2O3. The molecule has 0 unspecified atom stereocenters. The van der Waals surface area contributed by atoms with Gasteiger partial charge in [0, 0.05) is 0 Å². The van der Waals surface area contributed by atoms with E-state index in [4.69, 9.17) is 10.5 Å². The van der Waals surface area contributed by atoms with Crippen LogP contribution in [-0.2, 0) is 9.53 Å². The maximum atomic E-state index is 10.8. The number of rotatable bonds is 0. The molecule has 5 heteroatoms. The molecule has 1 amide bonds. The highest BCUT2D eigenvalue weighted by Gasteiger charge is 2.40. The molecule has 5 nitrogen and oxygen atoms in total. The van der Waals surface area contributed by atoms with Crippen LogP contribution in [0.5, 0.6) is 0 Å². The maximum Gasteiger partial charge on any atom is 0.257 e. The Morgan fingerprint density at radius 3 is 3.00 bits per heavy atom. The van der Waals surface area contributed by atoms with Crippen molar-refractivity contribution < 1.29 is 14.6 Å². The van der Waals surface area contributed by atoms with E-state index < -0.39 is 17.7 Å². The first-order valence-electron chi connectivity index (χ1n) is 2.93. The lowest BCUT2D eigenvalue weighted by Gasteiger charge is -2.32. The number of ether oxygens (including phenoxy) is 1. The average Bonchev–Trinajstić information content (AvgIpc) is 1.84. The molecule has 0 aromatic heterocycles. The Labute approximate surface area is 58.2 Å². The number of amides is 1. The summed E-state index contributed by atoms with van der Waals surface area (Å²) >= 11 is 0. The largest absolute Gasteiger partial charge is 0.377 e. The molecule has 0 radical (unpaired) electrons. The van der Waals surface area contributed by atoms with Crippen LogP contribution in [0.3, 0.4) is 0 Å². The van der Waals surface area contributed by atoms with E-state index in [9.17, 15) is 9.90 Å². The van der Waals surface area contributed by atoms with Crippen LogP contribution in [0.15, 0.2) is 0 Å². The van der Waals surface area contributed by atoms with Gasteiger partial charge in [0.15, 0.2) is 5.60 Å². The van der Waals surface area contributed by atoms with Crippen LogP contribution >= 0.6 is 0 Å². The summed E-state index contributed by atoms with van der Waals surface area (Å²) in [6, 6.07) is 0. The molecule has 1 rings (SSSR count). The van der Waals surface area contributed by atoms with Crippen molar-refractivity contribution in [3.8, 4) is 0 Å². The minimum atomic E-state index is -1.60. The van der Waals surface area contributed by atoms with Gasteiger partial charge in [0.1, 0.15) is 13.0 Å². The van der Waals surface area contributed by atoms with Crippen molar-refractivity contribution in [3.05, 3.63) is 0 Å². The summed E-state index contributed by atoms with van der Waals surface area (Å²) in [5.41, 5.74) is 3.67. The highest BCUT2D eigenvalue weighted by Crippen LogP contribution is 2.12. The van der Waals surface area contributed by atoms with Crippen molar-refractivity contribution in [1.82, 2.24) is 5.32 Å². The van der Waals surface area contributed by atoms with Gasteiger partial charge in [-0.05, 0) is 6.92 Å². The Hall–Kier alpha value is -0.650. The fourth-order valence-corrected chi connectivity index (χ4v) is 0.667. The van der Waals surface area contributed by atoms with E-state index in [1.807, 2.05) is 0 Å². The van der Waals surface area contributed by atoms with Gasteiger partial charge in [0.05, 0.1) is 0 Å². The van der Waals surface area contributed by atoms with Crippen molar-refractivity contribution in [2.24, 2.45) is 5.73 Å². The fraction of sp³-hybridized carbons (Fsp3) is 0.800. The normalized spacial score (nSPS) is 41.1. The van der Waals surface area contributed by atoms with Crippen molar-refractivity contribution >= 4 is 5.91 Å². The third-order valence-electron chi connectivity index (χ3n) is 1.51. The molecule has 0 aromatic rings. The summed E-state index contributed by atoms with van der Waals surface area (Å²) in [7, 11) is 0. The summed E-state index contributed by atoms with van der Waals surface area (Å²) in [5, 5.41) is 11.6. The summed E-state index contributed by atoms with van der Waals surface area (Å²) in [6.45, 7) is 1.38. The minimum Gasteiger partial charge on any atom is -0.377 e. The summed E-state index contributed by atoms with van der Waals surface area (Å²) in [6.07, 6.45) is -0.929. The molecule has 0 spiro atoms. The first kappa shape index (κ1) is 7.46. The number of hydrogen-bond acceptors (Lipinski definition) is 4. The number of aliphatic hydroxyl groups is 1. The number of carbonyl (C=O) groups excluding carboxylic acids is 1. The Balaban J connectivity index is 2.73. The third-order valence-corrected chi connectivity index (χ3v) is 1.51. The monoisotopic (exact) mass is 146 g/mol. The van der Waals surface area contributed by atoms with Crippen molar-refractivity contribution in [1.29, 1.82) is 0 Å². The van der Waals surface area contributed by atoms with Crippen molar-refractivity contribution in [2.75, 3.05) is 6.73 Å². The lowest BCUT2D eigenvalue weighted by atomic mass is 10.0. The number of carbonyl (C=O) groups is 1. The van der Waals surface area contributed by atoms with Crippen LogP contribution in [0.2, 0.25) is 0 Å². The molecule has 1 aliphatic heterocycles. The van der Waals surface area contributed by atoms with Gasteiger partial charge < -0.3 is 20.9 Å². The van der Waals surface area contributed by atoms with Gasteiger partial charge in [-0.1, -0.05) is 0 Å². The van der Waals surface area contributed by atoms with E-state index in [1.54, 1.807) is 0 Å². The number of hydrogen-bond donors (Lipinski definition) is 3. The van der Waals surface area contributed by atoms with Gasteiger partial charge in [-0.3, -0.25) is 4.79 Å². The van der Waals surface area contributed by atoms with E-state index in [0.717, 1.165) is 0 Å². The molecule has 1 fully saturated rings. The maximum absolute atomic E-state index is 10.8. The molecule has 0 saturated carbocycles. The average molecular weight is 146 g/mol.